The van der Waals surface area contributed by atoms with Crippen LogP contribution in [0.2, 0.25) is 0 Å². The molecule has 1 aromatic carbocycles. The molecule has 1 fully saturated rings. The second kappa shape index (κ2) is 6.24. The minimum absolute atomic E-state index is 0.344. The molecule has 0 radical (unpaired) electrons. The molecule has 1 aliphatic heterocycles. The number of methoxy groups -OCH3 is 1. The maximum Gasteiger partial charge on any atom is 0.242 e. The fourth-order valence-corrected chi connectivity index (χ4v) is 2.80. The number of nitrogens with zero attached hydrogens (tertiary/aromatic N) is 1. The summed E-state index contributed by atoms with van der Waals surface area (Å²) in [5.41, 5.74) is 5.73. The molecule has 0 aromatic heterocycles. The highest BCUT2D eigenvalue weighted by atomic mass is 16.5. The van der Waals surface area contributed by atoms with E-state index in [1.54, 1.807) is 7.11 Å². The number of primary amides is 1. The van der Waals surface area contributed by atoms with Gasteiger partial charge in [-0.15, -0.1) is 0 Å². The molecule has 1 aromatic rings. The predicted octanol–water partition coefficient (Wildman–Crippen LogP) is 0.691. The standard InChI is InChI=1S/C15H23N3O2/c1-15(14(16)19,18-10-5-8-17-9-11-18)12-6-3-4-7-13(12)20-2/h3-4,6-7,17H,5,8-11H2,1-2H3,(H2,16,19). The molecular weight excluding hydrogens is 254 g/mol. The Morgan fingerprint density at radius 1 is 1.35 bits per heavy atom. The quantitative estimate of drug-likeness (QED) is 0.850. The molecular formula is C15H23N3O2. The van der Waals surface area contributed by atoms with Gasteiger partial charge in [-0.25, -0.2) is 0 Å². The molecule has 110 valence electrons. The number of benzene rings is 1. The summed E-state index contributed by atoms with van der Waals surface area (Å²) in [7, 11) is 1.62. The van der Waals surface area contributed by atoms with E-state index in [1.165, 1.54) is 0 Å². The number of carbonyl (C=O) groups is 1. The van der Waals surface area contributed by atoms with Crippen LogP contribution >= 0.6 is 0 Å². The largest absolute Gasteiger partial charge is 0.496 e. The van der Waals surface area contributed by atoms with Gasteiger partial charge < -0.3 is 15.8 Å². The van der Waals surface area contributed by atoms with Crippen molar-refractivity contribution in [3.63, 3.8) is 0 Å². The highest BCUT2D eigenvalue weighted by Gasteiger charge is 2.41. The Kier molecular flexibility index (Phi) is 4.62. The van der Waals surface area contributed by atoms with Gasteiger partial charge in [0.15, 0.2) is 0 Å². The van der Waals surface area contributed by atoms with E-state index in [1.807, 2.05) is 31.2 Å². The number of hydrogen-bond acceptors (Lipinski definition) is 4. The smallest absolute Gasteiger partial charge is 0.242 e. The summed E-state index contributed by atoms with van der Waals surface area (Å²) < 4.78 is 5.41. The minimum atomic E-state index is -0.849. The summed E-state index contributed by atoms with van der Waals surface area (Å²) >= 11 is 0. The van der Waals surface area contributed by atoms with Crippen molar-refractivity contribution in [2.75, 3.05) is 33.3 Å². The third-order valence-electron chi connectivity index (χ3n) is 4.08. The third-order valence-corrected chi connectivity index (χ3v) is 4.08. The molecule has 1 saturated heterocycles. The lowest BCUT2D eigenvalue weighted by Crippen LogP contribution is -2.54. The summed E-state index contributed by atoms with van der Waals surface area (Å²) in [4.78, 5) is 14.4. The Hall–Kier alpha value is -1.59. The van der Waals surface area contributed by atoms with Gasteiger partial charge in [-0.1, -0.05) is 18.2 Å². The first-order valence-electron chi connectivity index (χ1n) is 7.00. The zero-order valence-corrected chi connectivity index (χ0v) is 12.2. The van der Waals surface area contributed by atoms with Crippen LogP contribution in [-0.4, -0.2) is 44.1 Å². The van der Waals surface area contributed by atoms with E-state index in [9.17, 15) is 4.79 Å². The van der Waals surface area contributed by atoms with Gasteiger partial charge >= 0.3 is 0 Å². The predicted molar refractivity (Wildman–Crippen MR) is 78.6 cm³/mol. The summed E-state index contributed by atoms with van der Waals surface area (Å²) in [6, 6.07) is 7.59. The zero-order chi connectivity index (χ0) is 14.6. The van der Waals surface area contributed by atoms with Crippen molar-refractivity contribution in [2.24, 2.45) is 5.73 Å². The minimum Gasteiger partial charge on any atom is -0.496 e. The first-order chi connectivity index (χ1) is 9.60. The van der Waals surface area contributed by atoms with Crippen LogP contribution in [-0.2, 0) is 10.3 Å². The molecule has 1 unspecified atom stereocenters. The number of hydrogen-bond donors (Lipinski definition) is 2. The van der Waals surface area contributed by atoms with Gasteiger partial charge in [0.2, 0.25) is 5.91 Å². The Balaban J connectivity index is 2.45. The Labute approximate surface area is 120 Å². The van der Waals surface area contributed by atoms with Gasteiger partial charge in [-0.3, -0.25) is 9.69 Å². The van der Waals surface area contributed by atoms with Crippen molar-refractivity contribution in [2.45, 2.75) is 18.9 Å². The number of ether oxygens (including phenoxy) is 1. The van der Waals surface area contributed by atoms with Crippen molar-refractivity contribution in [1.82, 2.24) is 10.2 Å². The monoisotopic (exact) mass is 277 g/mol. The molecule has 5 nitrogen and oxygen atoms in total. The fraction of sp³-hybridized carbons (Fsp3) is 0.533. The average molecular weight is 277 g/mol. The van der Waals surface area contributed by atoms with Gasteiger partial charge in [0, 0.05) is 25.2 Å². The third kappa shape index (κ3) is 2.64. The molecule has 3 N–H and O–H groups in total. The van der Waals surface area contributed by atoms with Crippen LogP contribution in [0.4, 0.5) is 0 Å². The molecule has 1 amide bonds. The van der Waals surface area contributed by atoms with Crippen molar-refractivity contribution < 1.29 is 9.53 Å². The van der Waals surface area contributed by atoms with Crippen LogP contribution in [0.3, 0.4) is 0 Å². The van der Waals surface area contributed by atoms with Gasteiger partial charge in [-0.05, 0) is 26.0 Å². The van der Waals surface area contributed by atoms with E-state index in [-0.39, 0.29) is 5.91 Å². The van der Waals surface area contributed by atoms with Gasteiger partial charge in [0.05, 0.1) is 7.11 Å². The Morgan fingerprint density at radius 2 is 2.10 bits per heavy atom. The second-order valence-electron chi connectivity index (χ2n) is 5.23. The van der Waals surface area contributed by atoms with Crippen molar-refractivity contribution in [3.8, 4) is 5.75 Å². The number of carbonyl (C=O) groups excluding carboxylic acids is 1. The molecule has 5 heteroatoms. The molecule has 1 atom stereocenters. The van der Waals surface area contributed by atoms with E-state index in [0.29, 0.717) is 5.75 Å². The number of rotatable bonds is 4. The number of nitrogens with two attached hydrogens (primary N) is 1. The van der Waals surface area contributed by atoms with Gasteiger partial charge in [0.1, 0.15) is 11.3 Å². The molecule has 20 heavy (non-hydrogen) atoms. The average Bonchev–Trinajstić information content (AvgIpc) is 2.75. The number of para-hydroxylation sites is 1. The first-order valence-corrected chi connectivity index (χ1v) is 7.00. The normalized spacial score (nSPS) is 19.9. The fourth-order valence-electron chi connectivity index (χ4n) is 2.80. The molecule has 2 rings (SSSR count). The van der Waals surface area contributed by atoms with E-state index in [4.69, 9.17) is 10.5 Å². The van der Waals surface area contributed by atoms with E-state index < -0.39 is 5.54 Å². The van der Waals surface area contributed by atoms with Gasteiger partial charge in [0.25, 0.3) is 0 Å². The number of amides is 1. The molecule has 1 heterocycles. The molecule has 0 bridgehead atoms. The van der Waals surface area contributed by atoms with Crippen LogP contribution in [0.15, 0.2) is 24.3 Å². The molecule has 0 aliphatic carbocycles. The van der Waals surface area contributed by atoms with Crippen LogP contribution in [0.25, 0.3) is 0 Å². The van der Waals surface area contributed by atoms with Crippen molar-refractivity contribution in [3.05, 3.63) is 29.8 Å². The first kappa shape index (κ1) is 14.8. The van der Waals surface area contributed by atoms with Gasteiger partial charge in [-0.2, -0.15) is 0 Å². The number of nitrogens with one attached hydrogen (secondary N) is 1. The molecule has 1 aliphatic rings. The lowest BCUT2D eigenvalue weighted by Gasteiger charge is -2.39. The van der Waals surface area contributed by atoms with E-state index in [0.717, 1.165) is 38.2 Å². The molecule has 0 saturated carbocycles. The topological polar surface area (TPSA) is 67.6 Å². The van der Waals surface area contributed by atoms with E-state index >= 15 is 0 Å². The zero-order valence-electron chi connectivity index (χ0n) is 12.2. The van der Waals surface area contributed by atoms with Crippen molar-refractivity contribution >= 4 is 5.91 Å². The Bertz CT molecular complexity index is 470. The van der Waals surface area contributed by atoms with Crippen LogP contribution < -0.4 is 15.8 Å². The summed E-state index contributed by atoms with van der Waals surface area (Å²) in [5.74, 6) is 0.356. The molecule has 0 spiro atoms. The van der Waals surface area contributed by atoms with Crippen LogP contribution in [0, 0.1) is 0 Å². The van der Waals surface area contributed by atoms with Crippen LogP contribution in [0.1, 0.15) is 18.9 Å². The van der Waals surface area contributed by atoms with E-state index in [2.05, 4.69) is 10.2 Å². The lowest BCUT2D eigenvalue weighted by atomic mass is 9.88. The maximum atomic E-state index is 12.2. The van der Waals surface area contributed by atoms with Crippen molar-refractivity contribution in [1.29, 1.82) is 0 Å². The summed E-state index contributed by atoms with van der Waals surface area (Å²) in [6.45, 7) is 5.34. The highest BCUT2D eigenvalue weighted by Crippen LogP contribution is 2.35. The summed E-state index contributed by atoms with van der Waals surface area (Å²) in [6.07, 6.45) is 0.998. The Morgan fingerprint density at radius 3 is 2.80 bits per heavy atom. The summed E-state index contributed by atoms with van der Waals surface area (Å²) in [5, 5.41) is 3.34. The maximum absolute atomic E-state index is 12.2. The highest BCUT2D eigenvalue weighted by molar-refractivity contribution is 5.86. The lowest BCUT2D eigenvalue weighted by molar-refractivity contribution is -0.130. The SMILES string of the molecule is COc1ccccc1C(C)(C(N)=O)N1CCCNCC1. The van der Waals surface area contributed by atoms with Crippen LogP contribution in [0.5, 0.6) is 5.75 Å². The second-order valence-corrected chi connectivity index (χ2v) is 5.23.